The van der Waals surface area contributed by atoms with Crippen molar-refractivity contribution in [2.24, 2.45) is 0 Å². The average Bonchev–Trinajstić information content (AvgIpc) is 3.02. The zero-order valence-corrected chi connectivity index (χ0v) is 11.7. The first-order chi connectivity index (χ1) is 8.81. The lowest BCUT2D eigenvalue weighted by molar-refractivity contribution is 0.0529. The van der Waals surface area contributed by atoms with E-state index in [2.05, 4.69) is 36.5 Å². The number of hydrogen-bond acceptors (Lipinski definition) is 3. The van der Waals surface area contributed by atoms with Crippen molar-refractivity contribution < 1.29 is 4.74 Å². The molecule has 1 aliphatic heterocycles. The molecule has 0 aromatic heterocycles. The highest BCUT2D eigenvalue weighted by atomic mass is 32.2. The molecule has 2 unspecified atom stereocenters. The molecule has 3 rings (SSSR count). The molecule has 3 heteroatoms. The smallest absolute Gasteiger partial charge is 0.106 e. The van der Waals surface area contributed by atoms with Crippen LogP contribution in [-0.2, 0) is 4.74 Å². The molecule has 1 saturated carbocycles. The highest BCUT2D eigenvalue weighted by Crippen LogP contribution is 2.35. The SMILES string of the molecule is CC1NCC(c2ccc(SC3CCCC3)cc2)O1. The number of nitrogens with one attached hydrogen (secondary N) is 1. The Balaban J connectivity index is 1.61. The third-order valence-electron chi connectivity index (χ3n) is 3.82. The lowest BCUT2D eigenvalue weighted by atomic mass is 10.1. The monoisotopic (exact) mass is 263 g/mol. The van der Waals surface area contributed by atoms with Gasteiger partial charge in [-0.2, -0.15) is 0 Å². The predicted molar refractivity (Wildman–Crippen MR) is 75.8 cm³/mol. The zero-order valence-electron chi connectivity index (χ0n) is 10.9. The van der Waals surface area contributed by atoms with E-state index in [-0.39, 0.29) is 12.3 Å². The van der Waals surface area contributed by atoms with Crippen LogP contribution in [0.25, 0.3) is 0 Å². The first kappa shape index (κ1) is 12.5. The zero-order chi connectivity index (χ0) is 12.4. The van der Waals surface area contributed by atoms with Crippen molar-refractivity contribution in [1.82, 2.24) is 5.32 Å². The number of ether oxygens (including phenoxy) is 1. The fraction of sp³-hybridized carbons (Fsp3) is 0.600. The summed E-state index contributed by atoms with van der Waals surface area (Å²) in [6.07, 6.45) is 6.01. The molecule has 2 atom stereocenters. The fourth-order valence-electron chi connectivity index (χ4n) is 2.77. The van der Waals surface area contributed by atoms with E-state index >= 15 is 0 Å². The lowest BCUT2D eigenvalue weighted by Gasteiger charge is -2.12. The van der Waals surface area contributed by atoms with Gasteiger partial charge in [0.2, 0.25) is 0 Å². The molecule has 1 aromatic carbocycles. The molecule has 0 bridgehead atoms. The summed E-state index contributed by atoms with van der Waals surface area (Å²) < 4.78 is 5.80. The van der Waals surface area contributed by atoms with Crippen LogP contribution in [0, 0.1) is 0 Å². The molecule has 0 spiro atoms. The topological polar surface area (TPSA) is 21.3 Å². The van der Waals surface area contributed by atoms with Crippen LogP contribution in [0.15, 0.2) is 29.2 Å². The standard InChI is InChI=1S/C15H21NOS/c1-11-16-10-15(17-11)12-6-8-14(9-7-12)18-13-4-2-3-5-13/h6-9,11,13,15-16H,2-5,10H2,1H3. The van der Waals surface area contributed by atoms with Gasteiger partial charge >= 0.3 is 0 Å². The summed E-state index contributed by atoms with van der Waals surface area (Å²) in [4.78, 5) is 1.41. The van der Waals surface area contributed by atoms with E-state index in [0.29, 0.717) is 0 Å². The van der Waals surface area contributed by atoms with Crippen molar-refractivity contribution in [2.45, 2.75) is 55.1 Å². The lowest BCUT2D eigenvalue weighted by Crippen LogP contribution is -2.17. The van der Waals surface area contributed by atoms with E-state index < -0.39 is 0 Å². The Morgan fingerprint density at radius 1 is 1.17 bits per heavy atom. The van der Waals surface area contributed by atoms with Gasteiger partial charge < -0.3 is 4.74 Å². The molecule has 0 amide bonds. The average molecular weight is 263 g/mol. The highest BCUT2D eigenvalue weighted by molar-refractivity contribution is 8.00. The van der Waals surface area contributed by atoms with Crippen LogP contribution in [0.1, 0.15) is 44.3 Å². The summed E-state index contributed by atoms with van der Waals surface area (Å²) in [7, 11) is 0. The Morgan fingerprint density at radius 2 is 1.89 bits per heavy atom. The maximum absolute atomic E-state index is 5.80. The molecule has 1 aromatic rings. The molecule has 2 nitrogen and oxygen atoms in total. The molecular formula is C15H21NOS. The van der Waals surface area contributed by atoms with Gasteiger partial charge in [-0.25, -0.2) is 0 Å². The molecular weight excluding hydrogens is 242 g/mol. The minimum absolute atomic E-state index is 0.183. The van der Waals surface area contributed by atoms with Crippen LogP contribution in [0.3, 0.4) is 0 Å². The van der Waals surface area contributed by atoms with Crippen LogP contribution < -0.4 is 5.32 Å². The first-order valence-corrected chi connectivity index (χ1v) is 7.85. The Labute approximate surface area is 113 Å². The second-order valence-corrected chi connectivity index (χ2v) is 6.64. The van der Waals surface area contributed by atoms with Crippen LogP contribution >= 0.6 is 11.8 Å². The van der Waals surface area contributed by atoms with Crippen LogP contribution in [0.2, 0.25) is 0 Å². The summed E-state index contributed by atoms with van der Waals surface area (Å²) in [5, 5.41) is 4.16. The van der Waals surface area contributed by atoms with Crippen molar-refractivity contribution in [3.63, 3.8) is 0 Å². The minimum Gasteiger partial charge on any atom is -0.354 e. The van der Waals surface area contributed by atoms with E-state index in [1.165, 1.54) is 36.1 Å². The Bertz CT molecular complexity index is 386. The summed E-state index contributed by atoms with van der Waals surface area (Å²) in [6, 6.07) is 8.96. The summed E-state index contributed by atoms with van der Waals surface area (Å²) in [6.45, 7) is 2.99. The van der Waals surface area contributed by atoms with Crippen molar-refractivity contribution in [3.8, 4) is 0 Å². The van der Waals surface area contributed by atoms with Gasteiger partial charge in [0.05, 0.1) is 6.10 Å². The van der Waals surface area contributed by atoms with Crippen LogP contribution in [0.5, 0.6) is 0 Å². The third kappa shape index (κ3) is 2.90. The molecule has 1 N–H and O–H groups in total. The predicted octanol–water partition coefficient (Wildman–Crippen LogP) is 3.73. The number of rotatable bonds is 3. The van der Waals surface area contributed by atoms with Gasteiger partial charge in [-0.05, 0) is 37.5 Å². The van der Waals surface area contributed by atoms with E-state index in [1.807, 2.05) is 11.8 Å². The molecule has 1 aliphatic carbocycles. The quantitative estimate of drug-likeness (QED) is 0.898. The number of thioether (sulfide) groups is 1. The normalized spacial score (nSPS) is 28.9. The fourth-order valence-corrected chi connectivity index (χ4v) is 4.02. The van der Waals surface area contributed by atoms with E-state index in [1.54, 1.807) is 0 Å². The van der Waals surface area contributed by atoms with Gasteiger partial charge in [0.1, 0.15) is 6.23 Å². The molecule has 2 aliphatic rings. The van der Waals surface area contributed by atoms with Crippen LogP contribution in [-0.4, -0.2) is 18.0 Å². The number of benzene rings is 1. The van der Waals surface area contributed by atoms with Gasteiger partial charge in [0, 0.05) is 16.7 Å². The first-order valence-electron chi connectivity index (χ1n) is 6.97. The van der Waals surface area contributed by atoms with E-state index in [0.717, 1.165) is 11.8 Å². The third-order valence-corrected chi connectivity index (χ3v) is 5.16. The maximum Gasteiger partial charge on any atom is 0.106 e. The van der Waals surface area contributed by atoms with Gasteiger partial charge in [-0.15, -0.1) is 11.8 Å². The van der Waals surface area contributed by atoms with Gasteiger partial charge in [-0.1, -0.05) is 25.0 Å². The highest BCUT2D eigenvalue weighted by Gasteiger charge is 2.22. The molecule has 1 heterocycles. The Morgan fingerprint density at radius 3 is 2.50 bits per heavy atom. The van der Waals surface area contributed by atoms with Crippen LogP contribution in [0.4, 0.5) is 0 Å². The Kier molecular flexibility index (Phi) is 3.92. The van der Waals surface area contributed by atoms with E-state index in [9.17, 15) is 0 Å². The molecule has 0 radical (unpaired) electrons. The molecule has 2 fully saturated rings. The Hall–Kier alpha value is -0.510. The summed E-state index contributed by atoms with van der Waals surface area (Å²) in [5.74, 6) is 0. The molecule has 98 valence electrons. The summed E-state index contributed by atoms with van der Waals surface area (Å²) in [5.41, 5.74) is 1.29. The van der Waals surface area contributed by atoms with Crippen molar-refractivity contribution in [2.75, 3.05) is 6.54 Å². The second-order valence-electron chi connectivity index (χ2n) is 5.27. The molecule has 1 saturated heterocycles. The van der Waals surface area contributed by atoms with Gasteiger partial charge in [0.15, 0.2) is 0 Å². The maximum atomic E-state index is 5.80. The van der Waals surface area contributed by atoms with Gasteiger partial charge in [-0.3, -0.25) is 5.32 Å². The summed E-state index contributed by atoms with van der Waals surface area (Å²) >= 11 is 2.05. The minimum atomic E-state index is 0.183. The van der Waals surface area contributed by atoms with Crippen molar-refractivity contribution in [3.05, 3.63) is 29.8 Å². The van der Waals surface area contributed by atoms with E-state index in [4.69, 9.17) is 4.74 Å². The largest absolute Gasteiger partial charge is 0.354 e. The van der Waals surface area contributed by atoms with Crippen molar-refractivity contribution >= 4 is 11.8 Å². The van der Waals surface area contributed by atoms with Gasteiger partial charge in [0.25, 0.3) is 0 Å². The molecule has 18 heavy (non-hydrogen) atoms. The number of hydrogen-bond donors (Lipinski definition) is 1. The van der Waals surface area contributed by atoms with Crippen molar-refractivity contribution in [1.29, 1.82) is 0 Å². The second kappa shape index (κ2) is 5.64.